The number of benzene rings is 2. The Morgan fingerprint density at radius 3 is 2.36 bits per heavy atom. The van der Waals surface area contributed by atoms with Crippen LogP contribution in [-0.4, -0.2) is 21.3 Å². The van der Waals surface area contributed by atoms with Gasteiger partial charge in [0.25, 0.3) is 0 Å². The molecule has 0 aliphatic heterocycles. The zero-order valence-corrected chi connectivity index (χ0v) is 15.8. The molecule has 1 aromatic heterocycles. The fourth-order valence-electron chi connectivity index (χ4n) is 2.94. The number of phenols is 1. The standard InChI is InChI=1S/C24H24FNO2/c1-17(27)5-3-2-4-6-18-7-9-19(10-8-18)21-11-13-23(26-16-21)20-12-14-24(28)22(25)15-20/h4,6-17,27-28H,2-3,5H2,1H3/b6-4+. The van der Waals surface area contributed by atoms with Crippen LogP contribution in [-0.2, 0) is 0 Å². The van der Waals surface area contributed by atoms with Crippen LogP contribution in [0.4, 0.5) is 4.39 Å². The van der Waals surface area contributed by atoms with Crippen LogP contribution >= 0.6 is 0 Å². The highest BCUT2D eigenvalue weighted by Crippen LogP contribution is 2.26. The number of aliphatic hydroxyl groups excluding tert-OH is 1. The number of halogens is 1. The molecule has 0 radical (unpaired) electrons. The molecule has 2 N–H and O–H groups in total. The molecule has 0 saturated carbocycles. The van der Waals surface area contributed by atoms with E-state index in [2.05, 4.69) is 29.3 Å². The Bertz CT molecular complexity index is 932. The van der Waals surface area contributed by atoms with Gasteiger partial charge in [0.15, 0.2) is 11.6 Å². The van der Waals surface area contributed by atoms with Crippen molar-refractivity contribution in [2.24, 2.45) is 0 Å². The SMILES string of the molecule is CC(O)CCC/C=C/c1ccc(-c2ccc(-c3ccc(O)c(F)c3)nc2)cc1. The van der Waals surface area contributed by atoms with Gasteiger partial charge in [0.2, 0.25) is 0 Å². The molecule has 0 amide bonds. The van der Waals surface area contributed by atoms with Gasteiger partial charge in [-0.2, -0.15) is 0 Å². The van der Waals surface area contributed by atoms with Crippen molar-refractivity contribution in [2.75, 3.05) is 0 Å². The monoisotopic (exact) mass is 377 g/mol. The van der Waals surface area contributed by atoms with Gasteiger partial charge < -0.3 is 10.2 Å². The summed E-state index contributed by atoms with van der Waals surface area (Å²) in [6.07, 6.45) is 8.51. The van der Waals surface area contributed by atoms with E-state index in [9.17, 15) is 14.6 Å². The van der Waals surface area contributed by atoms with Crippen molar-refractivity contribution in [3.63, 3.8) is 0 Å². The molecule has 0 aliphatic rings. The van der Waals surface area contributed by atoms with Gasteiger partial charge in [-0.05, 0) is 61.6 Å². The minimum absolute atomic E-state index is 0.235. The predicted molar refractivity (Wildman–Crippen MR) is 111 cm³/mol. The lowest BCUT2D eigenvalue weighted by atomic mass is 10.0. The lowest BCUT2D eigenvalue weighted by Crippen LogP contribution is -1.97. The fourth-order valence-corrected chi connectivity index (χ4v) is 2.94. The average Bonchev–Trinajstić information content (AvgIpc) is 2.70. The first kappa shape index (κ1) is 19.8. The Morgan fingerprint density at radius 1 is 1.00 bits per heavy atom. The second-order valence-corrected chi connectivity index (χ2v) is 6.90. The van der Waals surface area contributed by atoms with Gasteiger partial charge in [0.1, 0.15) is 0 Å². The number of rotatable bonds is 7. The number of phenolic OH excluding ortho intramolecular Hbond substituents is 1. The summed E-state index contributed by atoms with van der Waals surface area (Å²) in [6.45, 7) is 1.81. The van der Waals surface area contributed by atoms with Crippen LogP contribution in [0.25, 0.3) is 28.5 Å². The average molecular weight is 377 g/mol. The van der Waals surface area contributed by atoms with E-state index in [-0.39, 0.29) is 11.9 Å². The summed E-state index contributed by atoms with van der Waals surface area (Å²) in [5, 5.41) is 18.6. The van der Waals surface area contributed by atoms with Gasteiger partial charge >= 0.3 is 0 Å². The maximum atomic E-state index is 13.5. The lowest BCUT2D eigenvalue weighted by molar-refractivity contribution is 0.182. The Kier molecular flexibility index (Phi) is 6.56. The van der Waals surface area contributed by atoms with Crippen LogP contribution in [0.1, 0.15) is 31.7 Å². The van der Waals surface area contributed by atoms with Crippen LogP contribution in [0.2, 0.25) is 0 Å². The first-order valence-electron chi connectivity index (χ1n) is 9.43. The zero-order chi connectivity index (χ0) is 19.9. The molecule has 1 unspecified atom stereocenters. The molecule has 3 nitrogen and oxygen atoms in total. The van der Waals surface area contributed by atoms with Crippen LogP contribution in [0.3, 0.4) is 0 Å². The molecular formula is C24H24FNO2. The Morgan fingerprint density at radius 2 is 1.71 bits per heavy atom. The number of allylic oxidation sites excluding steroid dienone is 1. The minimum Gasteiger partial charge on any atom is -0.505 e. The number of unbranched alkanes of at least 4 members (excludes halogenated alkanes) is 1. The molecule has 144 valence electrons. The lowest BCUT2D eigenvalue weighted by Gasteiger charge is -2.05. The quantitative estimate of drug-likeness (QED) is 0.510. The molecule has 0 fully saturated rings. The maximum absolute atomic E-state index is 13.5. The molecule has 1 atom stereocenters. The summed E-state index contributed by atoms with van der Waals surface area (Å²) in [5.74, 6) is -1.02. The summed E-state index contributed by atoms with van der Waals surface area (Å²) in [6, 6.07) is 16.3. The summed E-state index contributed by atoms with van der Waals surface area (Å²) in [5.41, 5.74) is 4.44. The second-order valence-electron chi connectivity index (χ2n) is 6.90. The Hall–Kier alpha value is -2.98. The number of hydrogen-bond acceptors (Lipinski definition) is 3. The van der Waals surface area contributed by atoms with Gasteiger partial charge in [-0.15, -0.1) is 0 Å². The molecular weight excluding hydrogens is 353 g/mol. The molecule has 1 heterocycles. The highest BCUT2D eigenvalue weighted by Gasteiger charge is 2.06. The molecule has 3 rings (SSSR count). The molecule has 2 aromatic carbocycles. The summed E-state index contributed by atoms with van der Waals surface area (Å²) < 4.78 is 13.5. The van der Waals surface area contributed by atoms with Crippen LogP contribution in [0.15, 0.2) is 66.9 Å². The molecule has 0 spiro atoms. The van der Waals surface area contributed by atoms with E-state index in [0.717, 1.165) is 36.0 Å². The summed E-state index contributed by atoms with van der Waals surface area (Å²) in [7, 11) is 0. The third-order valence-corrected chi connectivity index (χ3v) is 4.55. The number of aromatic hydroxyl groups is 1. The number of pyridine rings is 1. The van der Waals surface area contributed by atoms with E-state index >= 15 is 0 Å². The molecule has 28 heavy (non-hydrogen) atoms. The van der Waals surface area contributed by atoms with Gasteiger partial charge in [0.05, 0.1) is 11.8 Å². The molecule has 0 aliphatic carbocycles. The van der Waals surface area contributed by atoms with Gasteiger partial charge in [-0.1, -0.05) is 42.5 Å². The normalized spacial score (nSPS) is 12.4. The predicted octanol–water partition coefficient (Wildman–Crippen LogP) is 5.82. The van der Waals surface area contributed by atoms with Crippen LogP contribution in [0.5, 0.6) is 5.75 Å². The number of aromatic nitrogens is 1. The van der Waals surface area contributed by atoms with Crippen molar-refractivity contribution in [1.82, 2.24) is 4.98 Å². The molecule has 0 saturated heterocycles. The van der Waals surface area contributed by atoms with E-state index in [0.29, 0.717) is 11.3 Å². The Labute approximate surface area is 164 Å². The number of hydrogen-bond donors (Lipinski definition) is 2. The molecule has 4 heteroatoms. The van der Waals surface area contributed by atoms with E-state index < -0.39 is 5.82 Å². The summed E-state index contributed by atoms with van der Waals surface area (Å²) in [4.78, 5) is 4.42. The molecule has 0 bridgehead atoms. The topological polar surface area (TPSA) is 53.4 Å². The van der Waals surface area contributed by atoms with Crippen molar-refractivity contribution in [3.05, 3.63) is 78.3 Å². The van der Waals surface area contributed by atoms with Crippen LogP contribution in [0, 0.1) is 5.82 Å². The highest BCUT2D eigenvalue weighted by atomic mass is 19.1. The molecule has 3 aromatic rings. The first-order valence-corrected chi connectivity index (χ1v) is 9.43. The minimum atomic E-state index is -0.655. The van der Waals surface area contributed by atoms with E-state index in [1.165, 1.54) is 12.1 Å². The number of nitrogens with zero attached hydrogens (tertiary/aromatic N) is 1. The first-order chi connectivity index (χ1) is 13.5. The van der Waals surface area contributed by atoms with Crippen molar-refractivity contribution in [3.8, 4) is 28.1 Å². The van der Waals surface area contributed by atoms with Crippen molar-refractivity contribution in [2.45, 2.75) is 32.3 Å². The third kappa shape index (κ3) is 5.27. The second kappa shape index (κ2) is 9.29. The maximum Gasteiger partial charge on any atom is 0.165 e. The van der Waals surface area contributed by atoms with Gasteiger partial charge in [-0.25, -0.2) is 4.39 Å². The Balaban J connectivity index is 1.65. The van der Waals surface area contributed by atoms with Crippen molar-refractivity contribution >= 4 is 6.08 Å². The fraction of sp³-hybridized carbons (Fsp3) is 0.208. The number of aliphatic hydroxyl groups is 1. The highest BCUT2D eigenvalue weighted by molar-refractivity contribution is 5.68. The van der Waals surface area contributed by atoms with E-state index in [1.54, 1.807) is 12.3 Å². The van der Waals surface area contributed by atoms with Crippen molar-refractivity contribution in [1.29, 1.82) is 0 Å². The summed E-state index contributed by atoms with van der Waals surface area (Å²) >= 11 is 0. The van der Waals surface area contributed by atoms with Gasteiger partial charge in [0, 0.05) is 17.3 Å². The smallest absolute Gasteiger partial charge is 0.165 e. The van der Waals surface area contributed by atoms with Crippen LogP contribution < -0.4 is 0 Å². The van der Waals surface area contributed by atoms with E-state index in [4.69, 9.17) is 0 Å². The van der Waals surface area contributed by atoms with Gasteiger partial charge in [-0.3, -0.25) is 4.98 Å². The van der Waals surface area contributed by atoms with Crippen molar-refractivity contribution < 1.29 is 14.6 Å². The zero-order valence-electron chi connectivity index (χ0n) is 15.8. The largest absolute Gasteiger partial charge is 0.505 e. The third-order valence-electron chi connectivity index (χ3n) is 4.55. The van der Waals surface area contributed by atoms with E-state index in [1.807, 2.05) is 31.2 Å².